The summed E-state index contributed by atoms with van der Waals surface area (Å²) in [6.45, 7) is 29.0. The summed E-state index contributed by atoms with van der Waals surface area (Å²) < 4.78 is 131. The average Bonchev–Trinajstić information content (AvgIpc) is 3.77. The lowest BCUT2D eigenvalue weighted by molar-refractivity contribution is -0.128. The van der Waals surface area contributed by atoms with Gasteiger partial charge in [-0.2, -0.15) is 0 Å². The Morgan fingerprint density at radius 3 is 0.688 bits per heavy atom. The fourth-order valence-corrected chi connectivity index (χ4v) is 7.28. The first kappa shape index (κ1) is 90.6. The number of carbonyl (C=O) groups is 3. The second-order valence-electron chi connectivity index (χ2n) is 20.5. The van der Waals surface area contributed by atoms with Crippen molar-refractivity contribution in [1.29, 1.82) is 0 Å². The number of amides is 2. The zero-order valence-electron chi connectivity index (χ0n) is 57.6. The van der Waals surface area contributed by atoms with Crippen molar-refractivity contribution in [3.8, 4) is 0 Å². The number of ether oxygens (including phenoxy) is 24. The molecule has 0 unspecified atom stereocenters. The molecular weight excluding hydrogens is 1230 g/mol. The number of Topliss-reactive ketones (excluding diaryl/α,β-unsaturated/α-hetero) is 1. The van der Waals surface area contributed by atoms with Gasteiger partial charge in [0.25, 0.3) is 0 Å². The molecule has 0 rings (SSSR count). The number of methoxy groups -OCH3 is 1. The first-order chi connectivity index (χ1) is 45.9. The Morgan fingerprint density at radius 1 is 0.269 bits per heavy atom. The Balaban J connectivity index is 3.19. The van der Waals surface area contributed by atoms with Gasteiger partial charge >= 0.3 is 0 Å². The number of carbonyl (C=O) groups excluding carboxylic acids is 3. The molecule has 0 aliphatic rings. The van der Waals surface area contributed by atoms with Crippen LogP contribution in [0.4, 0.5) is 0 Å². The number of hydrogen-bond acceptors (Lipinski definition) is 27. The lowest BCUT2D eigenvalue weighted by atomic mass is 10.0. The van der Waals surface area contributed by atoms with E-state index < -0.39 is 6.04 Å². The van der Waals surface area contributed by atoms with Crippen LogP contribution in [0.15, 0.2) is 0 Å². The summed E-state index contributed by atoms with van der Waals surface area (Å²) in [6, 6.07) is -0.462. The van der Waals surface area contributed by atoms with Crippen molar-refractivity contribution in [2.24, 2.45) is 5.92 Å². The molecule has 0 aromatic carbocycles. The van der Waals surface area contributed by atoms with E-state index in [9.17, 15) is 14.4 Å². The third-order valence-electron chi connectivity index (χ3n) is 12.4. The Labute approximate surface area is 556 Å². The molecule has 29 heteroatoms. The van der Waals surface area contributed by atoms with Crippen LogP contribution in [-0.2, 0) is 128 Å². The van der Waals surface area contributed by atoms with Crippen LogP contribution in [0.5, 0.6) is 0 Å². The van der Waals surface area contributed by atoms with Gasteiger partial charge in [0.1, 0.15) is 0 Å². The minimum absolute atomic E-state index is 0.0365. The molecule has 1 atom stereocenters. The summed E-state index contributed by atoms with van der Waals surface area (Å²) in [7, 11) is 1.64. The molecule has 0 spiro atoms. The molecule has 0 bridgehead atoms. The number of rotatable bonds is 83. The summed E-state index contributed by atoms with van der Waals surface area (Å²) in [5, 5.41) is 5.76. The van der Waals surface area contributed by atoms with Gasteiger partial charge in [-0.05, 0) is 31.6 Å². The standard InChI is InChI=1S/C64H126N2O27/c1-5-62(67)61(66-64(69)10-9-60(2)3)8-6-7-12-65-63(68)11-13-71-16-17-73-20-21-75-24-25-77-28-29-79-32-33-81-36-37-83-40-41-85-44-45-87-48-49-89-52-53-91-56-57-93-59-58-92-55-54-90-51-50-88-47-46-86-43-42-84-39-38-82-35-34-80-31-30-78-27-26-76-23-22-74-19-18-72-15-14-70-4/h60-61H,5-59H2,1-4H3,(H,65,68)(H,66,69)/t61-/m1/s1. The van der Waals surface area contributed by atoms with Crippen LogP contribution in [0.3, 0.4) is 0 Å². The molecule has 0 saturated carbocycles. The molecule has 93 heavy (non-hydrogen) atoms. The van der Waals surface area contributed by atoms with E-state index in [0.717, 1.165) is 19.3 Å². The van der Waals surface area contributed by atoms with E-state index in [1.165, 1.54) is 0 Å². The fourth-order valence-electron chi connectivity index (χ4n) is 7.28. The number of nitrogens with one attached hydrogen (secondary N) is 2. The number of hydrogen-bond donors (Lipinski definition) is 2. The second-order valence-corrected chi connectivity index (χ2v) is 20.5. The molecule has 0 radical (unpaired) electrons. The molecule has 0 heterocycles. The molecule has 554 valence electrons. The van der Waals surface area contributed by atoms with Crippen LogP contribution in [0, 0.1) is 5.92 Å². The van der Waals surface area contributed by atoms with Crippen LogP contribution in [0.1, 0.15) is 65.7 Å². The van der Waals surface area contributed by atoms with Gasteiger partial charge in [0.05, 0.1) is 317 Å². The van der Waals surface area contributed by atoms with Crippen LogP contribution < -0.4 is 10.6 Å². The predicted molar refractivity (Wildman–Crippen MR) is 343 cm³/mol. The van der Waals surface area contributed by atoms with Gasteiger partial charge in [0.15, 0.2) is 5.78 Å². The highest BCUT2D eigenvalue weighted by molar-refractivity contribution is 5.88. The van der Waals surface area contributed by atoms with E-state index in [4.69, 9.17) is 114 Å². The topological polar surface area (TPSA) is 297 Å². The predicted octanol–water partition coefficient (Wildman–Crippen LogP) is 2.59. The summed E-state index contributed by atoms with van der Waals surface area (Å²) >= 11 is 0. The Bertz CT molecular complexity index is 1490. The maximum atomic E-state index is 12.3. The highest BCUT2D eigenvalue weighted by Crippen LogP contribution is 2.08. The van der Waals surface area contributed by atoms with Crippen molar-refractivity contribution < 1.29 is 128 Å². The highest BCUT2D eigenvalue weighted by Gasteiger charge is 2.19. The second kappa shape index (κ2) is 80.3. The van der Waals surface area contributed by atoms with E-state index in [1.54, 1.807) is 14.0 Å². The number of ketones is 1. The van der Waals surface area contributed by atoms with Crippen molar-refractivity contribution in [3.63, 3.8) is 0 Å². The monoisotopic (exact) mass is 1350 g/mol. The van der Waals surface area contributed by atoms with Gasteiger partial charge in [-0.1, -0.05) is 20.8 Å². The molecule has 29 nitrogen and oxygen atoms in total. The van der Waals surface area contributed by atoms with Gasteiger partial charge in [-0.15, -0.1) is 0 Å². The zero-order valence-corrected chi connectivity index (χ0v) is 57.6. The highest BCUT2D eigenvalue weighted by atomic mass is 16.6. The van der Waals surface area contributed by atoms with Gasteiger partial charge in [-0.25, -0.2) is 0 Å². The SMILES string of the molecule is CCC(=O)[C@@H](CCCCNC(=O)CCOCCOCCOCCOCCOCCOCCOCCOCCOCCOCCOCCOCCOCCOCCOCCOCCOCCOCCOCCOCCOCCOCCOCCOC)NC(=O)CCC(C)C. The van der Waals surface area contributed by atoms with Crippen LogP contribution in [-0.4, -0.2) is 348 Å². The van der Waals surface area contributed by atoms with Crippen LogP contribution >= 0.6 is 0 Å². The fraction of sp³-hybridized carbons (Fsp3) is 0.953. The third kappa shape index (κ3) is 78.5. The number of unbranched alkanes of at least 4 members (excludes halogenated alkanes) is 1. The van der Waals surface area contributed by atoms with Crippen molar-refractivity contribution in [3.05, 3.63) is 0 Å². The molecular formula is C64H126N2O27. The lowest BCUT2D eigenvalue weighted by Gasteiger charge is -2.17. The average molecular weight is 1360 g/mol. The maximum absolute atomic E-state index is 12.3. The smallest absolute Gasteiger partial charge is 0.222 e. The van der Waals surface area contributed by atoms with Crippen LogP contribution in [0.25, 0.3) is 0 Å². The quantitative estimate of drug-likeness (QED) is 0.0827. The minimum Gasteiger partial charge on any atom is -0.382 e. The summed E-state index contributed by atoms with van der Waals surface area (Å²) in [5.74, 6) is 0.298. The van der Waals surface area contributed by atoms with E-state index in [-0.39, 0.29) is 24.0 Å². The van der Waals surface area contributed by atoms with Crippen molar-refractivity contribution in [2.75, 3.05) is 324 Å². The van der Waals surface area contributed by atoms with Gasteiger partial charge in [0.2, 0.25) is 11.8 Å². The van der Waals surface area contributed by atoms with E-state index in [2.05, 4.69) is 24.5 Å². The van der Waals surface area contributed by atoms with Crippen LogP contribution in [0.2, 0.25) is 0 Å². The Hall–Kier alpha value is -2.35. The van der Waals surface area contributed by atoms with Gasteiger partial charge in [0, 0.05) is 32.9 Å². The van der Waals surface area contributed by atoms with E-state index in [1.807, 2.05) is 0 Å². The Morgan fingerprint density at radius 2 is 0.484 bits per heavy atom. The largest absolute Gasteiger partial charge is 0.382 e. The summed E-state index contributed by atoms with van der Waals surface area (Å²) in [4.78, 5) is 36.6. The lowest BCUT2D eigenvalue weighted by Crippen LogP contribution is -2.40. The Kier molecular flexibility index (Phi) is 78.3. The molecule has 0 aromatic heterocycles. The molecule has 0 saturated heterocycles. The molecule has 0 aliphatic carbocycles. The molecule has 0 aliphatic heterocycles. The zero-order chi connectivity index (χ0) is 67.2. The van der Waals surface area contributed by atoms with Crippen molar-refractivity contribution in [2.45, 2.75) is 71.8 Å². The van der Waals surface area contributed by atoms with Crippen molar-refractivity contribution in [1.82, 2.24) is 10.6 Å². The first-order valence-electron chi connectivity index (χ1n) is 33.8. The van der Waals surface area contributed by atoms with Crippen molar-refractivity contribution >= 4 is 17.6 Å². The van der Waals surface area contributed by atoms with Gasteiger partial charge in [-0.3, -0.25) is 14.4 Å². The van der Waals surface area contributed by atoms with E-state index in [0.29, 0.717) is 342 Å². The minimum atomic E-state index is -0.462. The molecule has 0 fully saturated rings. The molecule has 2 N–H and O–H groups in total. The summed E-state index contributed by atoms with van der Waals surface area (Å²) in [6.07, 6.45) is 3.88. The first-order valence-corrected chi connectivity index (χ1v) is 33.8. The summed E-state index contributed by atoms with van der Waals surface area (Å²) in [5.41, 5.74) is 0. The maximum Gasteiger partial charge on any atom is 0.222 e. The van der Waals surface area contributed by atoms with E-state index >= 15 is 0 Å². The molecule has 2 amide bonds. The van der Waals surface area contributed by atoms with Gasteiger partial charge < -0.3 is 124 Å². The molecule has 0 aromatic rings. The third-order valence-corrected chi connectivity index (χ3v) is 12.4. The normalized spacial score (nSPS) is 12.0.